The molecule has 0 aliphatic rings. The molecule has 0 aromatic carbocycles. The summed E-state index contributed by atoms with van der Waals surface area (Å²) in [7, 11) is 1.61. The Morgan fingerprint density at radius 3 is 1.61 bits per heavy atom. The van der Waals surface area contributed by atoms with Crippen molar-refractivity contribution in [2.45, 2.75) is 96.9 Å². The SMILES string of the molecule is CCCCCCCCCCCCC[C-]=O.CN[C@@H](C)C(=O)O.[Na+]. The fraction of sp³-hybridized carbons (Fsp3) is 0.889. The average Bonchev–Trinajstić information content (AvgIpc) is 2.52. The van der Waals surface area contributed by atoms with E-state index in [-0.39, 0.29) is 29.6 Å². The van der Waals surface area contributed by atoms with Crippen LogP contribution in [0.4, 0.5) is 0 Å². The van der Waals surface area contributed by atoms with Crippen molar-refractivity contribution in [3.63, 3.8) is 0 Å². The maximum Gasteiger partial charge on any atom is 1.00 e. The van der Waals surface area contributed by atoms with Gasteiger partial charge in [-0.25, -0.2) is 0 Å². The fourth-order valence-electron chi connectivity index (χ4n) is 1.98. The maximum atomic E-state index is 9.94. The predicted molar refractivity (Wildman–Crippen MR) is 92.9 cm³/mol. The molecule has 0 radical (unpaired) electrons. The average molecular weight is 337 g/mol. The zero-order valence-corrected chi connectivity index (χ0v) is 17.8. The van der Waals surface area contributed by atoms with Crippen molar-refractivity contribution in [1.82, 2.24) is 5.32 Å². The summed E-state index contributed by atoms with van der Waals surface area (Å²) in [5.74, 6) is -0.817. The number of likely N-dealkylation sites (N-methyl/N-ethyl adjacent to an activating group) is 1. The van der Waals surface area contributed by atoms with Gasteiger partial charge in [-0.1, -0.05) is 77.6 Å². The number of hydrogen-bond acceptors (Lipinski definition) is 3. The predicted octanol–water partition coefficient (Wildman–Crippen LogP) is 1.48. The summed E-state index contributed by atoms with van der Waals surface area (Å²) in [6.45, 7) is 3.85. The van der Waals surface area contributed by atoms with Crippen molar-refractivity contribution < 1.29 is 44.3 Å². The minimum atomic E-state index is -0.817. The van der Waals surface area contributed by atoms with E-state index < -0.39 is 12.0 Å². The molecule has 0 bridgehead atoms. The number of carbonyl (C=O) groups excluding carboxylic acids is 1. The van der Waals surface area contributed by atoms with Crippen molar-refractivity contribution in [2.24, 2.45) is 0 Å². The van der Waals surface area contributed by atoms with Crippen LogP contribution in [0.5, 0.6) is 0 Å². The Morgan fingerprint density at radius 1 is 0.957 bits per heavy atom. The zero-order chi connectivity index (χ0) is 17.1. The Morgan fingerprint density at radius 2 is 1.35 bits per heavy atom. The van der Waals surface area contributed by atoms with Crippen LogP contribution in [0.15, 0.2) is 0 Å². The molecule has 0 unspecified atom stereocenters. The number of carboxylic acid groups (broad SMARTS) is 1. The number of carbonyl (C=O) groups is 1. The van der Waals surface area contributed by atoms with E-state index in [2.05, 4.69) is 12.2 Å². The largest absolute Gasteiger partial charge is 1.00 e. The smallest absolute Gasteiger partial charge is 0.542 e. The van der Waals surface area contributed by atoms with Gasteiger partial charge in [-0.2, -0.15) is 6.42 Å². The summed E-state index contributed by atoms with van der Waals surface area (Å²) in [5.41, 5.74) is 0. The minimum Gasteiger partial charge on any atom is -0.542 e. The molecule has 0 saturated carbocycles. The standard InChI is InChI=1S/C14H27O.C4H9NO2.Na/c1-2-3-4-5-6-7-8-9-10-11-12-13-14-15;1-3(5-2)4(6)7;/h2-13H2,1H3;3,5H,1-2H3,(H,6,7);/q-1;;+1/t;3-;/m.0./s1. The maximum absolute atomic E-state index is 9.94. The van der Waals surface area contributed by atoms with Crippen LogP contribution >= 0.6 is 0 Å². The van der Waals surface area contributed by atoms with E-state index in [1.807, 2.05) is 6.29 Å². The zero-order valence-electron chi connectivity index (χ0n) is 15.8. The first-order valence-electron chi connectivity index (χ1n) is 8.85. The van der Waals surface area contributed by atoms with E-state index in [0.29, 0.717) is 6.42 Å². The van der Waals surface area contributed by atoms with Crippen molar-refractivity contribution in [2.75, 3.05) is 7.05 Å². The first kappa shape index (κ1) is 27.9. The van der Waals surface area contributed by atoms with Crippen LogP contribution < -0.4 is 34.9 Å². The third-order valence-electron chi connectivity index (χ3n) is 3.69. The fourth-order valence-corrected chi connectivity index (χ4v) is 1.98. The van der Waals surface area contributed by atoms with Gasteiger partial charge in [0.2, 0.25) is 0 Å². The number of hydrogen-bond donors (Lipinski definition) is 2. The molecule has 0 spiro atoms. The topological polar surface area (TPSA) is 66.4 Å². The van der Waals surface area contributed by atoms with Crippen molar-refractivity contribution in [3.05, 3.63) is 0 Å². The quantitative estimate of drug-likeness (QED) is 0.286. The van der Waals surface area contributed by atoms with Crippen LogP contribution in [-0.4, -0.2) is 30.5 Å². The third kappa shape index (κ3) is 27.3. The summed E-state index contributed by atoms with van der Waals surface area (Å²) in [6, 6.07) is -0.431. The molecule has 5 heteroatoms. The number of unbranched alkanes of at least 4 members (excludes halogenated alkanes) is 11. The summed E-state index contributed by atoms with van der Waals surface area (Å²) >= 11 is 0. The second-order valence-electron chi connectivity index (χ2n) is 5.78. The number of aliphatic carboxylic acids is 1. The Hall–Kier alpha value is 0.100. The van der Waals surface area contributed by atoms with E-state index in [1.54, 1.807) is 14.0 Å². The van der Waals surface area contributed by atoms with Gasteiger partial charge in [0, 0.05) is 0 Å². The molecule has 0 fully saturated rings. The molecule has 0 heterocycles. The molecule has 4 nitrogen and oxygen atoms in total. The minimum absolute atomic E-state index is 0. The molecule has 0 aliphatic carbocycles. The molecule has 2 N–H and O–H groups in total. The molecule has 0 amide bonds. The molecule has 1 atom stereocenters. The molecular formula is C18H36NNaO3. The molecular weight excluding hydrogens is 301 g/mol. The van der Waals surface area contributed by atoms with Crippen LogP contribution in [-0.2, 0) is 9.59 Å². The van der Waals surface area contributed by atoms with Gasteiger partial charge in [-0.15, -0.1) is 0 Å². The number of carboxylic acids is 1. The molecule has 132 valence electrons. The molecule has 0 rings (SSSR count). The Balaban J connectivity index is -0.000000425. The third-order valence-corrected chi connectivity index (χ3v) is 3.69. The molecule has 0 aromatic heterocycles. The second kappa shape index (κ2) is 24.4. The van der Waals surface area contributed by atoms with Gasteiger partial charge in [0.15, 0.2) is 0 Å². The van der Waals surface area contributed by atoms with Gasteiger partial charge >= 0.3 is 35.5 Å². The first-order valence-corrected chi connectivity index (χ1v) is 8.85. The van der Waals surface area contributed by atoms with Crippen molar-refractivity contribution >= 4 is 12.3 Å². The first-order chi connectivity index (χ1) is 10.6. The molecule has 0 saturated heterocycles. The van der Waals surface area contributed by atoms with Gasteiger partial charge in [0.25, 0.3) is 0 Å². The Labute approximate surface area is 165 Å². The van der Waals surface area contributed by atoms with Gasteiger partial charge in [-0.05, 0) is 14.0 Å². The Kier molecular flexibility index (Phi) is 29.6. The van der Waals surface area contributed by atoms with Crippen LogP contribution in [0.2, 0.25) is 0 Å². The molecule has 23 heavy (non-hydrogen) atoms. The van der Waals surface area contributed by atoms with Crippen LogP contribution in [0.3, 0.4) is 0 Å². The van der Waals surface area contributed by atoms with Crippen LogP contribution in [0, 0.1) is 0 Å². The van der Waals surface area contributed by atoms with Gasteiger partial charge in [0.05, 0.1) is 0 Å². The summed E-state index contributed by atoms with van der Waals surface area (Å²) < 4.78 is 0. The van der Waals surface area contributed by atoms with E-state index in [9.17, 15) is 9.59 Å². The summed E-state index contributed by atoms with van der Waals surface area (Å²) in [6.07, 6.45) is 17.3. The Bertz CT molecular complexity index is 250. The monoisotopic (exact) mass is 337 g/mol. The molecule has 0 aliphatic heterocycles. The van der Waals surface area contributed by atoms with Crippen molar-refractivity contribution in [1.29, 1.82) is 0 Å². The van der Waals surface area contributed by atoms with Gasteiger partial charge in [0.1, 0.15) is 6.04 Å². The van der Waals surface area contributed by atoms with E-state index in [1.165, 1.54) is 64.2 Å². The van der Waals surface area contributed by atoms with Crippen LogP contribution in [0.25, 0.3) is 0 Å². The summed E-state index contributed by atoms with van der Waals surface area (Å²) in [5, 5.41) is 10.7. The molecule has 0 aromatic rings. The van der Waals surface area contributed by atoms with E-state index >= 15 is 0 Å². The number of rotatable bonds is 14. The van der Waals surface area contributed by atoms with E-state index in [4.69, 9.17) is 5.11 Å². The van der Waals surface area contributed by atoms with Crippen LogP contribution in [0.1, 0.15) is 90.9 Å². The second-order valence-corrected chi connectivity index (χ2v) is 5.78. The van der Waals surface area contributed by atoms with Gasteiger partial charge in [-0.3, -0.25) is 11.1 Å². The van der Waals surface area contributed by atoms with Gasteiger partial charge < -0.3 is 15.2 Å². The van der Waals surface area contributed by atoms with E-state index in [0.717, 1.165) is 6.42 Å². The normalized spacial score (nSPS) is 10.9. The number of nitrogens with one attached hydrogen (secondary N) is 1. The van der Waals surface area contributed by atoms with Crippen molar-refractivity contribution in [3.8, 4) is 0 Å². The summed E-state index contributed by atoms with van der Waals surface area (Å²) in [4.78, 5) is 19.8.